The Kier molecular flexibility index (Phi) is 7.67. The van der Waals surface area contributed by atoms with Crippen molar-refractivity contribution in [2.75, 3.05) is 38.3 Å². The Balaban J connectivity index is 2.90. The van der Waals surface area contributed by atoms with E-state index >= 15 is 0 Å². The molecule has 0 saturated carbocycles. The molecule has 3 nitrogen and oxygen atoms in total. The second-order valence-electron chi connectivity index (χ2n) is 4.71. The average molecular weight is 297 g/mol. The number of anilines is 1. The summed E-state index contributed by atoms with van der Waals surface area (Å²) in [6.07, 6.45) is 1.89. The van der Waals surface area contributed by atoms with Crippen LogP contribution in [0.5, 0.6) is 0 Å². The molecule has 0 bridgehead atoms. The van der Waals surface area contributed by atoms with Gasteiger partial charge in [-0.05, 0) is 31.2 Å². The Morgan fingerprint density at radius 2 is 2.25 bits per heavy atom. The molecule has 0 fully saturated rings. The zero-order valence-electron chi connectivity index (χ0n) is 12.7. The predicted octanol–water partition coefficient (Wildman–Crippen LogP) is 3.65. The second-order valence-corrected chi connectivity index (χ2v) is 5.12. The molecular weight excluding hydrogens is 272 g/mol. The van der Waals surface area contributed by atoms with Crippen LogP contribution in [-0.4, -0.2) is 33.4 Å². The molecule has 0 spiro atoms. The topological polar surface area (TPSA) is 24.5 Å². The third-order valence-electron chi connectivity index (χ3n) is 3.24. The normalized spacial score (nSPS) is 12.2. The van der Waals surface area contributed by atoms with E-state index in [1.165, 1.54) is 0 Å². The summed E-state index contributed by atoms with van der Waals surface area (Å²) >= 11 is 6.41. The lowest BCUT2D eigenvalue weighted by Crippen LogP contribution is -2.27. The molecule has 20 heavy (non-hydrogen) atoms. The van der Waals surface area contributed by atoms with E-state index in [4.69, 9.17) is 16.3 Å². The fourth-order valence-corrected chi connectivity index (χ4v) is 2.50. The summed E-state index contributed by atoms with van der Waals surface area (Å²) in [5, 5.41) is 4.17. The van der Waals surface area contributed by atoms with Gasteiger partial charge in [-0.2, -0.15) is 0 Å². The van der Waals surface area contributed by atoms with Gasteiger partial charge in [0.25, 0.3) is 0 Å². The smallest absolute Gasteiger partial charge is 0.0637 e. The van der Waals surface area contributed by atoms with Gasteiger partial charge in [-0.15, -0.1) is 6.58 Å². The number of halogens is 1. The zero-order chi connectivity index (χ0) is 15.0. The molecule has 0 aliphatic carbocycles. The molecule has 1 N–H and O–H groups in total. The van der Waals surface area contributed by atoms with Crippen molar-refractivity contribution in [2.45, 2.75) is 19.9 Å². The third kappa shape index (κ3) is 4.82. The summed E-state index contributed by atoms with van der Waals surface area (Å²) in [7, 11) is 1.71. The summed E-state index contributed by atoms with van der Waals surface area (Å²) in [5.74, 6) is 0. The molecule has 0 radical (unpaired) electrons. The van der Waals surface area contributed by atoms with Gasteiger partial charge in [0.15, 0.2) is 0 Å². The maximum absolute atomic E-state index is 6.41. The Hall–Kier alpha value is -1.03. The molecule has 0 saturated heterocycles. The fourth-order valence-electron chi connectivity index (χ4n) is 2.16. The minimum Gasteiger partial charge on any atom is -0.383 e. The number of methoxy groups -OCH3 is 1. The summed E-state index contributed by atoms with van der Waals surface area (Å²) < 4.78 is 5.15. The molecular formula is C16H25ClN2O. The van der Waals surface area contributed by atoms with E-state index in [0.717, 1.165) is 35.9 Å². The molecule has 1 unspecified atom stereocenters. The van der Waals surface area contributed by atoms with E-state index in [2.05, 4.69) is 42.8 Å². The van der Waals surface area contributed by atoms with Gasteiger partial charge in [-0.3, -0.25) is 0 Å². The third-order valence-corrected chi connectivity index (χ3v) is 3.57. The molecule has 0 aromatic heterocycles. The summed E-state index contributed by atoms with van der Waals surface area (Å²) in [5.41, 5.74) is 2.22. The first kappa shape index (κ1) is 17.0. The zero-order valence-corrected chi connectivity index (χ0v) is 13.4. The lowest BCUT2D eigenvalue weighted by atomic mass is 10.1. The number of hydrogen-bond donors (Lipinski definition) is 1. The minimum atomic E-state index is 0.258. The maximum Gasteiger partial charge on any atom is 0.0637 e. The van der Waals surface area contributed by atoms with Crippen molar-refractivity contribution in [1.29, 1.82) is 0 Å². The van der Waals surface area contributed by atoms with Crippen molar-refractivity contribution in [3.63, 3.8) is 0 Å². The molecule has 0 heterocycles. The second kappa shape index (κ2) is 9.01. The Morgan fingerprint density at radius 3 is 2.80 bits per heavy atom. The van der Waals surface area contributed by atoms with Crippen molar-refractivity contribution >= 4 is 17.3 Å². The van der Waals surface area contributed by atoms with Crippen molar-refractivity contribution in [3.05, 3.63) is 41.4 Å². The Morgan fingerprint density at radius 1 is 1.50 bits per heavy atom. The molecule has 112 valence electrons. The molecule has 1 rings (SSSR count). The molecule has 0 amide bonds. The van der Waals surface area contributed by atoms with E-state index in [-0.39, 0.29) is 6.04 Å². The molecule has 4 heteroatoms. The largest absolute Gasteiger partial charge is 0.383 e. The standard InChI is InChI=1S/C16H25ClN2O/c1-5-9-19(10-11-20-4)14-7-8-15(16(17)12-14)13(3)18-6-2/h5,7-8,12-13,18H,1,6,9-11H2,2-4H3. The van der Waals surface area contributed by atoms with E-state index in [0.29, 0.717) is 6.61 Å². The highest BCUT2D eigenvalue weighted by atomic mass is 35.5. The van der Waals surface area contributed by atoms with Gasteiger partial charge in [0.05, 0.1) is 6.61 Å². The molecule has 0 aliphatic heterocycles. The first-order chi connectivity index (χ1) is 9.63. The van der Waals surface area contributed by atoms with Crippen molar-refractivity contribution in [1.82, 2.24) is 5.32 Å². The van der Waals surface area contributed by atoms with Crippen LogP contribution in [0, 0.1) is 0 Å². The quantitative estimate of drug-likeness (QED) is 0.704. The van der Waals surface area contributed by atoms with E-state index in [9.17, 15) is 0 Å². The van der Waals surface area contributed by atoms with Gasteiger partial charge < -0.3 is 15.0 Å². The van der Waals surface area contributed by atoms with E-state index in [1.807, 2.05) is 12.1 Å². The highest BCUT2D eigenvalue weighted by Gasteiger charge is 2.11. The number of benzene rings is 1. The SMILES string of the molecule is C=CCN(CCOC)c1ccc(C(C)NCC)c(Cl)c1. The van der Waals surface area contributed by atoms with Crippen molar-refractivity contribution < 1.29 is 4.74 Å². The van der Waals surface area contributed by atoms with Crippen LogP contribution in [0.1, 0.15) is 25.5 Å². The minimum absolute atomic E-state index is 0.258. The van der Waals surface area contributed by atoms with Gasteiger partial charge in [0.1, 0.15) is 0 Å². The number of hydrogen-bond acceptors (Lipinski definition) is 3. The highest BCUT2D eigenvalue weighted by Crippen LogP contribution is 2.28. The van der Waals surface area contributed by atoms with Crippen LogP contribution in [0.2, 0.25) is 5.02 Å². The molecule has 1 atom stereocenters. The Labute approximate surface area is 127 Å². The van der Waals surface area contributed by atoms with Crippen LogP contribution in [0.3, 0.4) is 0 Å². The molecule has 1 aromatic rings. The number of nitrogens with zero attached hydrogens (tertiary/aromatic N) is 1. The van der Waals surface area contributed by atoms with Gasteiger partial charge in [0, 0.05) is 37.0 Å². The van der Waals surface area contributed by atoms with Gasteiger partial charge in [0.2, 0.25) is 0 Å². The fraction of sp³-hybridized carbons (Fsp3) is 0.500. The summed E-state index contributed by atoms with van der Waals surface area (Å²) in [6.45, 7) is 11.2. The number of ether oxygens (including phenoxy) is 1. The van der Waals surface area contributed by atoms with E-state index < -0.39 is 0 Å². The summed E-state index contributed by atoms with van der Waals surface area (Å²) in [6, 6.07) is 6.47. The predicted molar refractivity (Wildman–Crippen MR) is 87.8 cm³/mol. The first-order valence-electron chi connectivity index (χ1n) is 7.01. The van der Waals surface area contributed by atoms with Crippen LogP contribution < -0.4 is 10.2 Å². The summed E-state index contributed by atoms with van der Waals surface area (Å²) in [4.78, 5) is 2.20. The van der Waals surface area contributed by atoms with Gasteiger partial charge in [-0.1, -0.05) is 30.7 Å². The lowest BCUT2D eigenvalue weighted by molar-refractivity contribution is 0.206. The first-order valence-corrected chi connectivity index (χ1v) is 7.39. The maximum atomic E-state index is 6.41. The van der Waals surface area contributed by atoms with Crippen LogP contribution in [0.4, 0.5) is 5.69 Å². The average Bonchev–Trinajstić information content (AvgIpc) is 2.43. The highest BCUT2D eigenvalue weighted by molar-refractivity contribution is 6.31. The monoisotopic (exact) mass is 296 g/mol. The molecule has 0 aliphatic rings. The Bertz CT molecular complexity index is 423. The van der Waals surface area contributed by atoms with Crippen LogP contribution in [0.15, 0.2) is 30.9 Å². The van der Waals surface area contributed by atoms with E-state index in [1.54, 1.807) is 7.11 Å². The van der Waals surface area contributed by atoms with Crippen LogP contribution in [0.25, 0.3) is 0 Å². The van der Waals surface area contributed by atoms with Crippen LogP contribution in [-0.2, 0) is 4.74 Å². The number of nitrogens with one attached hydrogen (secondary N) is 1. The van der Waals surface area contributed by atoms with Gasteiger partial charge >= 0.3 is 0 Å². The molecule has 1 aromatic carbocycles. The van der Waals surface area contributed by atoms with Crippen LogP contribution >= 0.6 is 11.6 Å². The van der Waals surface area contributed by atoms with Crippen molar-refractivity contribution in [3.8, 4) is 0 Å². The van der Waals surface area contributed by atoms with Crippen molar-refractivity contribution in [2.24, 2.45) is 0 Å². The number of rotatable bonds is 9. The van der Waals surface area contributed by atoms with Gasteiger partial charge in [-0.25, -0.2) is 0 Å². The lowest BCUT2D eigenvalue weighted by Gasteiger charge is -2.24.